The average molecular weight is 337 g/mol. The van der Waals surface area contributed by atoms with Crippen LogP contribution in [0.15, 0.2) is 18.2 Å². The molecule has 1 saturated heterocycles. The molecule has 0 saturated carbocycles. The highest BCUT2D eigenvalue weighted by atomic mass is 16.5. The van der Waals surface area contributed by atoms with Gasteiger partial charge in [0.05, 0.1) is 25.9 Å². The second-order valence-corrected chi connectivity index (χ2v) is 6.79. The number of hydrogen-bond acceptors (Lipinski definition) is 5. The lowest BCUT2D eigenvalue weighted by molar-refractivity contribution is -0.107. The van der Waals surface area contributed by atoms with Gasteiger partial charge in [-0.2, -0.15) is 0 Å². The van der Waals surface area contributed by atoms with Crippen LogP contribution in [0.3, 0.4) is 0 Å². The van der Waals surface area contributed by atoms with Crippen LogP contribution in [0.25, 0.3) is 0 Å². The summed E-state index contributed by atoms with van der Waals surface area (Å²) in [5.41, 5.74) is 1.01. The van der Waals surface area contributed by atoms with Gasteiger partial charge in [-0.15, -0.1) is 0 Å². The minimum atomic E-state index is -0.347. The topological polar surface area (TPSA) is 60.0 Å². The molecule has 0 radical (unpaired) electrons. The molecular formula is C19H31NO4. The average Bonchev–Trinajstić information content (AvgIpc) is 2.61. The maximum atomic E-state index is 10.5. The predicted molar refractivity (Wildman–Crippen MR) is 94.6 cm³/mol. The van der Waals surface area contributed by atoms with Gasteiger partial charge in [0.1, 0.15) is 0 Å². The van der Waals surface area contributed by atoms with E-state index in [-0.39, 0.29) is 11.7 Å². The van der Waals surface area contributed by atoms with Crippen LogP contribution in [0.1, 0.15) is 38.7 Å². The Labute approximate surface area is 145 Å². The minimum Gasteiger partial charge on any atom is -0.493 e. The van der Waals surface area contributed by atoms with Gasteiger partial charge in [-0.05, 0) is 49.8 Å². The summed E-state index contributed by atoms with van der Waals surface area (Å²) in [5, 5.41) is 13.8. The van der Waals surface area contributed by atoms with Gasteiger partial charge in [-0.1, -0.05) is 13.0 Å². The van der Waals surface area contributed by atoms with Gasteiger partial charge in [0.2, 0.25) is 0 Å². The summed E-state index contributed by atoms with van der Waals surface area (Å²) in [5.74, 6) is 1.74. The molecule has 1 aliphatic heterocycles. The van der Waals surface area contributed by atoms with Crippen molar-refractivity contribution in [3.63, 3.8) is 0 Å². The van der Waals surface area contributed by atoms with Crippen molar-refractivity contribution in [3.8, 4) is 11.5 Å². The van der Waals surface area contributed by atoms with Crippen LogP contribution in [0.5, 0.6) is 11.5 Å². The summed E-state index contributed by atoms with van der Waals surface area (Å²) in [6.07, 6.45) is 2.48. The molecule has 1 aromatic rings. The van der Waals surface area contributed by atoms with Crippen LogP contribution in [-0.4, -0.2) is 44.2 Å². The smallest absolute Gasteiger partial charge is 0.161 e. The van der Waals surface area contributed by atoms with E-state index in [2.05, 4.69) is 19.2 Å². The number of ether oxygens (including phenoxy) is 3. The zero-order chi connectivity index (χ0) is 17.6. The van der Waals surface area contributed by atoms with Crippen molar-refractivity contribution in [2.75, 3.05) is 27.4 Å². The van der Waals surface area contributed by atoms with E-state index in [1.54, 1.807) is 14.2 Å². The summed E-state index contributed by atoms with van der Waals surface area (Å²) in [6, 6.07) is 5.86. The third-order valence-electron chi connectivity index (χ3n) is 5.06. The monoisotopic (exact) mass is 337 g/mol. The molecule has 0 unspecified atom stereocenters. The van der Waals surface area contributed by atoms with Crippen molar-refractivity contribution in [2.24, 2.45) is 5.92 Å². The Morgan fingerprint density at radius 2 is 2.08 bits per heavy atom. The first kappa shape index (κ1) is 19.0. The Hall–Kier alpha value is -1.30. The van der Waals surface area contributed by atoms with Crippen LogP contribution in [0.2, 0.25) is 0 Å². The fourth-order valence-corrected chi connectivity index (χ4v) is 3.27. The fourth-order valence-electron chi connectivity index (χ4n) is 3.27. The lowest BCUT2D eigenvalue weighted by atomic mass is 9.82. The van der Waals surface area contributed by atoms with Crippen molar-refractivity contribution in [2.45, 2.75) is 51.4 Å². The highest BCUT2D eigenvalue weighted by Crippen LogP contribution is 2.33. The zero-order valence-electron chi connectivity index (χ0n) is 15.3. The van der Waals surface area contributed by atoms with Crippen LogP contribution in [-0.2, 0) is 11.3 Å². The van der Waals surface area contributed by atoms with Crippen LogP contribution < -0.4 is 14.8 Å². The molecule has 5 heteroatoms. The van der Waals surface area contributed by atoms with E-state index in [0.29, 0.717) is 19.0 Å². The van der Waals surface area contributed by atoms with Gasteiger partial charge in [0, 0.05) is 19.7 Å². The lowest BCUT2D eigenvalue weighted by Gasteiger charge is -2.39. The van der Waals surface area contributed by atoms with E-state index in [9.17, 15) is 5.11 Å². The molecule has 0 spiro atoms. The van der Waals surface area contributed by atoms with Crippen LogP contribution in [0.4, 0.5) is 0 Å². The van der Waals surface area contributed by atoms with E-state index >= 15 is 0 Å². The van der Waals surface area contributed by atoms with E-state index in [4.69, 9.17) is 14.2 Å². The molecule has 24 heavy (non-hydrogen) atoms. The Kier molecular flexibility index (Phi) is 6.90. The largest absolute Gasteiger partial charge is 0.493 e. The molecule has 1 fully saturated rings. The van der Waals surface area contributed by atoms with Gasteiger partial charge in [0.25, 0.3) is 0 Å². The number of rotatable bonds is 8. The number of aliphatic hydroxyl groups excluding tert-OH is 1. The molecule has 0 aromatic heterocycles. The van der Waals surface area contributed by atoms with Gasteiger partial charge in [-0.25, -0.2) is 0 Å². The number of benzene rings is 1. The highest BCUT2D eigenvalue weighted by molar-refractivity contribution is 5.42. The minimum absolute atomic E-state index is 0.0900. The first-order chi connectivity index (χ1) is 11.5. The fraction of sp³-hybridized carbons (Fsp3) is 0.684. The molecule has 0 bridgehead atoms. The van der Waals surface area contributed by atoms with Crippen molar-refractivity contribution >= 4 is 0 Å². The van der Waals surface area contributed by atoms with Gasteiger partial charge in [0.15, 0.2) is 11.5 Å². The molecule has 136 valence electrons. The van der Waals surface area contributed by atoms with Crippen molar-refractivity contribution in [1.82, 2.24) is 5.32 Å². The maximum Gasteiger partial charge on any atom is 0.161 e. The third-order valence-corrected chi connectivity index (χ3v) is 5.06. The normalized spacial score (nSPS) is 25.3. The molecule has 1 aliphatic rings. The summed E-state index contributed by atoms with van der Waals surface area (Å²) in [4.78, 5) is 0. The second-order valence-electron chi connectivity index (χ2n) is 6.79. The molecule has 3 atom stereocenters. The number of methoxy groups -OCH3 is 2. The van der Waals surface area contributed by atoms with Gasteiger partial charge in [-0.3, -0.25) is 0 Å². The van der Waals surface area contributed by atoms with Gasteiger partial charge < -0.3 is 24.6 Å². The lowest BCUT2D eigenvalue weighted by Crippen LogP contribution is -2.43. The molecule has 1 aromatic carbocycles. The van der Waals surface area contributed by atoms with E-state index in [1.807, 2.05) is 18.2 Å². The summed E-state index contributed by atoms with van der Waals surface area (Å²) < 4.78 is 16.4. The SMILES string of the molecule is CC[C@@]1(C)C[C@@H]([C@@H](O)CNCc2ccc(OC)c(OC)c2)CCO1. The summed E-state index contributed by atoms with van der Waals surface area (Å²) in [6.45, 7) is 6.29. The summed E-state index contributed by atoms with van der Waals surface area (Å²) >= 11 is 0. The molecule has 2 rings (SSSR count). The van der Waals surface area contributed by atoms with E-state index in [1.165, 1.54) is 0 Å². The highest BCUT2D eigenvalue weighted by Gasteiger charge is 2.34. The quantitative estimate of drug-likeness (QED) is 0.764. The number of nitrogens with one attached hydrogen (secondary N) is 1. The Balaban J connectivity index is 1.83. The Bertz CT molecular complexity index is 522. The Morgan fingerprint density at radius 3 is 2.75 bits per heavy atom. The molecule has 2 N–H and O–H groups in total. The maximum absolute atomic E-state index is 10.5. The number of aliphatic hydroxyl groups is 1. The molecule has 0 amide bonds. The molecule has 1 heterocycles. The molecule has 0 aliphatic carbocycles. The van der Waals surface area contributed by atoms with Crippen molar-refractivity contribution in [3.05, 3.63) is 23.8 Å². The van der Waals surface area contributed by atoms with Crippen LogP contribution in [0, 0.1) is 5.92 Å². The Morgan fingerprint density at radius 1 is 1.33 bits per heavy atom. The second kappa shape index (κ2) is 8.70. The predicted octanol–water partition coefficient (Wildman–Crippen LogP) is 2.75. The van der Waals surface area contributed by atoms with Crippen LogP contribution >= 0.6 is 0 Å². The van der Waals surface area contributed by atoms with Crippen molar-refractivity contribution in [1.29, 1.82) is 0 Å². The molecular weight excluding hydrogens is 306 g/mol. The zero-order valence-corrected chi connectivity index (χ0v) is 15.3. The van der Waals surface area contributed by atoms with E-state index < -0.39 is 0 Å². The first-order valence-electron chi connectivity index (χ1n) is 8.75. The third kappa shape index (κ3) is 4.85. The van der Waals surface area contributed by atoms with E-state index in [0.717, 1.165) is 42.9 Å². The number of hydrogen-bond donors (Lipinski definition) is 2. The standard InChI is InChI=1S/C19H31NO4/c1-5-19(2)11-15(8-9-24-19)16(21)13-20-12-14-6-7-17(22-3)18(10-14)23-4/h6-7,10,15-16,20-21H,5,8-9,11-13H2,1-4H3/t15-,16-,19-/m0/s1. The van der Waals surface area contributed by atoms with Crippen molar-refractivity contribution < 1.29 is 19.3 Å². The first-order valence-corrected chi connectivity index (χ1v) is 8.75. The molecule has 5 nitrogen and oxygen atoms in total. The van der Waals surface area contributed by atoms with Gasteiger partial charge >= 0.3 is 0 Å². The summed E-state index contributed by atoms with van der Waals surface area (Å²) in [7, 11) is 3.26.